The lowest BCUT2D eigenvalue weighted by Gasteiger charge is -2.37. The van der Waals surface area contributed by atoms with Gasteiger partial charge in [0.2, 0.25) is 0 Å². The second-order valence-corrected chi connectivity index (χ2v) is 9.76. The lowest BCUT2D eigenvalue weighted by atomic mass is 9.94. The third kappa shape index (κ3) is 4.98. The second kappa shape index (κ2) is 10.4. The Balaban J connectivity index is 1.56. The highest BCUT2D eigenvalue weighted by Crippen LogP contribution is 2.37. The molecule has 1 aliphatic rings. The number of hydrogen-bond donors (Lipinski definition) is 0. The van der Waals surface area contributed by atoms with Gasteiger partial charge in [0, 0.05) is 31.4 Å². The third-order valence-electron chi connectivity index (χ3n) is 5.99. The van der Waals surface area contributed by atoms with E-state index in [-0.39, 0.29) is 18.0 Å². The normalized spacial score (nSPS) is 14.0. The minimum Gasteiger partial charge on any atom is -0.490 e. The van der Waals surface area contributed by atoms with E-state index in [2.05, 4.69) is 41.1 Å². The van der Waals surface area contributed by atoms with Gasteiger partial charge in [-0.15, -0.1) is 11.3 Å². The van der Waals surface area contributed by atoms with Crippen LogP contribution < -0.4 is 4.74 Å². The number of likely N-dealkylation sites (tertiary alicyclic amines) is 1. The molecule has 6 nitrogen and oxygen atoms in total. The summed E-state index contributed by atoms with van der Waals surface area (Å²) in [4.78, 5) is 19.8. The van der Waals surface area contributed by atoms with Gasteiger partial charge in [-0.05, 0) is 55.2 Å². The molecule has 0 amide bonds. The largest absolute Gasteiger partial charge is 0.490 e. The van der Waals surface area contributed by atoms with E-state index in [9.17, 15) is 10.1 Å². The van der Waals surface area contributed by atoms with Crippen molar-refractivity contribution in [2.45, 2.75) is 39.8 Å². The summed E-state index contributed by atoms with van der Waals surface area (Å²) >= 11 is 1.63. The maximum Gasteiger partial charge on any atom is 0.311 e. The van der Waals surface area contributed by atoms with Crippen LogP contribution in [0, 0.1) is 17.2 Å². The Morgan fingerprint density at radius 1 is 1.29 bits per heavy atom. The number of esters is 1. The average molecular weight is 476 g/mol. The van der Waals surface area contributed by atoms with Gasteiger partial charge in [-0.25, -0.2) is 4.98 Å². The number of nitriles is 1. The molecule has 3 aromatic rings. The van der Waals surface area contributed by atoms with Crippen molar-refractivity contribution < 1.29 is 14.3 Å². The summed E-state index contributed by atoms with van der Waals surface area (Å²) in [6.07, 6.45) is 2.83. The van der Waals surface area contributed by atoms with Crippen LogP contribution in [0.15, 0.2) is 42.6 Å². The molecule has 0 unspecified atom stereocenters. The number of nitrogens with zero attached hydrogens (tertiary/aromatic N) is 3. The molecule has 0 bridgehead atoms. The van der Waals surface area contributed by atoms with E-state index in [0.29, 0.717) is 11.3 Å². The van der Waals surface area contributed by atoms with Crippen LogP contribution in [-0.4, -0.2) is 42.2 Å². The molecule has 2 aromatic carbocycles. The molecule has 176 valence electrons. The first-order valence-electron chi connectivity index (χ1n) is 11.5. The van der Waals surface area contributed by atoms with Crippen molar-refractivity contribution in [1.29, 1.82) is 5.26 Å². The van der Waals surface area contributed by atoms with Crippen LogP contribution in [0.25, 0.3) is 21.0 Å². The topological polar surface area (TPSA) is 75.5 Å². The Morgan fingerprint density at radius 2 is 2.09 bits per heavy atom. The zero-order chi connectivity index (χ0) is 24.2. The summed E-state index contributed by atoms with van der Waals surface area (Å²) in [6, 6.07) is 14.3. The fourth-order valence-corrected chi connectivity index (χ4v) is 5.29. The van der Waals surface area contributed by atoms with E-state index < -0.39 is 0 Å². The van der Waals surface area contributed by atoms with Crippen LogP contribution in [0.1, 0.15) is 37.5 Å². The van der Waals surface area contributed by atoms with Crippen molar-refractivity contribution in [2.75, 3.05) is 20.2 Å². The van der Waals surface area contributed by atoms with Crippen molar-refractivity contribution in [1.82, 2.24) is 9.88 Å². The number of ether oxygens (including phenoxy) is 2. The van der Waals surface area contributed by atoms with Gasteiger partial charge in [-0.1, -0.05) is 25.1 Å². The Morgan fingerprint density at radius 3 is 2.76 bits per heavy atom. The summed E-state index contributed by atoms with van der Waals surface area (Å²) in [6.45, 7) is 8.36. The highest BCUT2D eigenvalue weighted by molar-refractivity contribution is 7.18. The summed E-state index contributed by atoms with van der Waals surface area (Å²) in [5.41, 5.74) is 5.19. The average Bonchev–Trinajstić information content (AvgIpc) is 3.30. The monoisotopic (exact) mass is 475 g/mol. The summed E-state index contributed by atoms with van der Waals surface area (Å²) < 4.78 is 10.6. The zero-order valence-electron chi connectivity index (χ0n) is 20.0. The molecule has 1 fully saturated rings. The molecule has 1 saturated heterocycles. The molecule has 0 spiro atoms. The SMILES string of the molecule is CCc1c(CN2CC(C(=O)OC)C2)cccc1-c1cnc(-c2ccc(OC(C)C)c(C#N)c2)s1. The quantitative estimate of drug-likeness (QED) is 0.411. The predicted molar refractivity (Wildman–Crippen MR) is 134 cm³/mol. The van der Waals surface area contributed by atoms with Crippen LogP contribution in [-0.2, 0) is 22.5 Å². The molecule has 1 aromatic heterocycles. The Bertz CT molecular complexity index is 1220. The molecule has 7 heteroatoms. The van der Waals surface area contributed by atoms with Crippen molar-refractivity contribution in [2.24, 2.45) is 5.92 Å². The van der Waals surface area contributed by atoms with Crippen molar-refractivity contribution in [3.63, 3.8) is 0 Å². The van der Waals surface area contributed by atoms with Gasteiger partial charge in [-0.3, -0.25) is 9.69 Å². The zero-order valence-corrected chi connectivity index (χ0v) is 20.8. The summed E-state index contributed by atoms with van der Waals surface area (Å²) in [5, 5.41) is 10.4. The first-order valence-corrected chi connectivity index (χ1v) is 12.3. The number of rotatable bonds is 8. The lowest BCUT2D eigenvalue weighted by Crippen LogP contribution is -2.50. The summed E-state index contributed by atoms with van der Waals surface area (Å²) in [5.74, 6) is 0.457. The smallest absolute Gasteiger partial charge is 0.311 e. The van der Waals surface area contributed by atoms with Gasteiger partial charge >= 0.3 is 5.97 Å². The molecule has 0 atom stereocenters. The van der Waals surface area contributed by atoms with Crippen LogP contribution in [0.3, 0.4) is 0 Å². The molecule has 0 N–H and O–H groups in total. The first kappa shape index (κ1) is 23.9. The second-order valence-electron chi connectivity index (χ2n) is 8.73. The van der Waals surface area contributed by atoms with Gasteiger partial charge < -0.3 is 9.47 Å². The van der Waals surface area contributed by atoms with E-state index in [1.165, 1.54) is 23.8 Å². The number of aromatic nitrogens is 1. The van der Waals surface area contributed by atoms with Gasteiger partial charge in [0.1, 0.15) is 16.8 Å². The van der Waals surface area contributed by atoms with Gasteiger partial charge in [0.15, 0.2) is 0 Å². The van der Waals surface area contributed by atoms with Crippen LogP contribution in [0.5, 0.6) is 5.75 Å². The summed E-state index contributed by atoms with van der Waals surface area (Å²) in [7, 11) is 1.45. The Hall–Kier alpha value is -3.21. The van der Waals surface area contributed by atoms with E-state index in [1.54, 1.807) is 11.3 Å². The van der Waals surface area contributed by atoms with E-state index in [4.69, 9.17) is 9.47 Å². The molecule has 1 aliphatic heterocycles. The van der Waals surface area contributed by atoms with E-state index in [1.807, 2.05) is 38.2 Å². The Kier molecular flexibility index (Phi) is 7.30. The highest BCUT2D eigenvalue weighted by Gasteiger charge is 2.33. The van der Waals surface area contributed by atoms with Crippen LogP contribution in [0.2, 0.25) is 0 Å². The highest BCUT2D eigenvalue weighted by atomic mass is 32.1. The van der Waals surface area contributed by atoms with Gasteiger partial charge in [0.05, 0.1) is 29.6 Å². The van der Waals surface area contributed by atoms with Gasteiger partial charge in [-0.2, -0.15) is 5.26 Å². The maximum absolute atomic E-state index is 11.7. The molecule has 0 saturated carbocycles. The molecular formula is C27H29N3O3S. The number of carbonyl (C=O) groups is 1. The van der Waals surface area contributed by atoms with Crippen LogP contribution >= 0.6 is 11.3 Å². The molecule has 4 rings (SSSR count). The number of hydrogen-bond acceptors (Lipinski definition) is 7. The molecule has 2 heterocycles. The first-order chi connectivity index (χ1) is 16.4. The Labute approximate surface area is 204 Å². The minimum atomic E-state index is -0.124. The lowest BCUT2D eigenvalue weighted by molar-refractivity contribution is -0.151. The fourth-order valence-electron chi connectivity index (χ4n) is 4.33. The number of thiazole rings is 1. The van der Waals surface area contributed by atoms with E-state index in [0.717, 1.165) is 41.5 Å². The number of benzene rings is 2. The molecular weight excluding hydrogens is 446 g/mol. The van der Waals surface area contributed by atoms with Gasteiger partial charge in [0.25, 0.3) is 0 Å². The molecule has 34 heavy (non-hydrogen) atoms. The number of methoxy groups -OCH3 is 1. The van der Waals surface area contributed by atoms with Crippen molar-refractivity contribution in [3.05, 3.63) is 59.3 Å². The van der Waals surface area contributed by atoms with Crippen molar-refractivity contribution >= 4 is 17.3 Å². The predicted octanol–water partition coefficient (Wildman–Crippen LogP) is 5.30. The standard InChI is InChI=1S/C27H29N3O3S/c1-5-22-19(14-30-15-21(16-30)27(31)32-4)7-6-8-23(22)25-13-29-26(34-25)18-9-10-24(33-17(2)3)20(11-18)12-28/h6-11,13,17,21H,5,14-16H2,1-4H3. The maximum atomic E-state index is 11.7. The van der Waals surface area contributed by atoms with E-state index >= 15 is 0 Å². The minimum absolute atomic E-state index is 0.00627. The molecule has 0 radical (unpaired) electrons. The van der Waals surface area contributed by atoms with Crippen LogP contribution in [0.4, 0.5) is 0 Å². The number of carbonyl (C=O) groups excluding carboxylic acids is 1. The molecule has 0 aliphatic carbocycles. The fraction of sp³-hybridized carbons (Fsp3) is 0.370. The van der Waals surface area contributed by atoms with Crippen molar-refractivity contribution in [3.8, 4) is 32.8 Å². The third-order valence-corrected chi connectivity index (χ3v) is 7.07.